The highest BCUT2D eigenvalue weighted by atomic mass is 35.5. The summed E-state index contributed by atoms with van der Waals surface area (Å²) in [5, 5.41) is 11.0. The summed E-state index contributed by atoms with van der Waals surface area (Å²) in [5.74, 6) is 1.69. The maximum Gasteiger partial charge on any atom is 0.211 e. The molecule has 0 spiro atoms. The highest BCUT2D eigenvalue weighted by molar-refractivity contribution is 7.88. The fourth-order valence-electron chi connectivity index (χ4n) is 4.46. The Morgan fingerprint density at radius 2 is 1.89 bits per heavy atom. The zero-order chi connectivity index (χ0) is 25.0. The lowest BCUT2D eigenvalue weighted by Gasteiger charge is -2.30. The van der Waals surface area contributed by atoms with Gasteiger partial charge in [0, 0.05) is 30.4 Å². The number of sulfonamides is 1. The number of benzene rings is 2. The van der Waals surface area contributed by atoms with Gasteiger partial charge in [0.2, 0.25) is 10.0 Å². The van der Waals surface area contributed by atoms with E-state index in [0.717, 1.165) is 48.0 Å². The standard InChI is InChI=1S/C26H30ClN3O4S/c1-3-13-34-26-21(18-28)15-22(17-24(26)27)30-12-8-20-16-23(4-5-25(20)30)33-14-9-19-6-10-29(11-7-19)35(2,31)32/h4-5,8,12,15-17,19H,3,6-7,9-11,13-14H2,1-2H3. The van der Waals surface area contributed by atoms with Crippen molar-refractivity contribution in [2.45, 2.75) is 32.6 Å². The minimum atomic E-state index is -3.09. The Hall–Kier alpha value is -2.73. The molecule has 0 amide bonds. The van der Waals surface area contributed by atoms with Gasteiger partial charge >= 0.3 is 0 Å². The van der Waals surface area contributed by atoms with Gasteiger partial charge in [-0.1, -0.05) is 18.5 Å². The Labute approximate surface area is 211 Å². The lowest BCUT2D eigenvalue weighted by atomic mass is 9.95. The molecule has 1 saturated heterocycles. The van der Waals surface area contributed by atoms with Crippen LogP contribution in [0.1, 0.15) is 38.2 Å². The summed E-state index contributed by atoms with van der Waals surface area (Å²) in [5.41, 5.74) is 2.18. The lowest BCUT2D eigenvalue weighted by molar-refractivity contribution is 0.220. The quantitative estimate of drug-likeness (QED) is 0.381. The average Bonchev–Trinajstić information content (AvgIpc) is 3.26. The Kier molecular flexibility index (Phi) is 7.90. The largest absolute Gasteiger partial charge is 0.494 e. The molecule has 0 aliphatic carbocycles. The number of halogens is 1. The van der Waals surface area contributed by atoms with Gasteiger partial charge in [0.25, 0.3) is 0 Å². The summed E-state index contributed by atoms with van der Waals surface area (Å²) < 4.78 is 38.6. The summed E-state index contributed by atoms with van der Waals surface area (Å²) in [6, 6.07) is 13.7. The fraction of sp³-hybridized carbons (Fsp3) is 0.423. The van der Waals surface area contributed by atoms with E-state index in [9.17, 15) is 13.7 Å². The minimum Gasteiger partial charge on any atom is -0.494 e. The molecular weight excluding hydrogens is 486 g/mol. The highest BCUT2D eigenvalue weighted by Crippen LogP contribution is 2.34. The molecule has 1 aromatic heterocycles. The van der Waals surface area contributed by atoms with Gasteiger partial charge in [-0.05, 0) is 68.0 Å². The van der Waals surface area contributed by atoms with E-state index in [-0.39, 0.29) is 0 Å². The highest BCUT2D eigenvalue weighted by Gasteiger charge is 2.24. The molecule has 0 atom stereocenters. The Balaban J connectivity index is 1.42. The number of piperidine rings is 1. The van der Waals surface area contributed by atoms with E-state index < -0.39 is 10.0 Å². The number of rotatable bonds is 9. The Bertz CT molecular complexity index is 1340. The predicted molar refractivity (Wildman–Crippen MR) is 138 cm³/mol. The fourth-order valence-corrected chi connectivity index (χ4v) is 5.60. The van der Waals surface area contributed by atoms with Crippen molar-refractivity contribution in [3.8, 4) is 23.3 Å². The van der Waals surface area contributed by atoms with E-state index >= 15 is 0 Å². The average molecular weight is 516 g/mol. The van der Waals surface area contributed by atoms with E-state index in [1.54, 1.807) is 10.4 Å². The van der Waals surface area contributed by atoms with Crippen molar-refractivity contribution >= 4 is 32.5 Å². The molecule has 0 radical (unpaired) electrons. The van der Waals surface area contributed by atoms with Gasteiger partial charge in [-0.2, -0.15) is 5.26 Å². The second-order valence-corrected chi connectivity index (χ2v) is 11.3. The number of aromatic nitrogens is 1. The third-order valence-corrected chi connectivity index (χ3v) is 7.96. The first-order valence-corrected chi connectivity index (χ1v) is 14.1. The molecule has 2 heterocycles. The van der Waals surface area contributed by atoms with Crippen LogP contribution in [0.25, 0.3) is 16.6 Å². The van der Waals surface area contributed by atoms with Gasteiger partial charge in [-0.25, -0.2) is 12.7 Å². The number of hydrogen-bond donors (Lipinski definition) is 0. The molecule has 0 N–H and O–H groups in total. The summed E-state index contributed by atoms with van der Waals surface area (Å²) in [6.45, 7) is 4.28. The molecule has 4 rings (SSSR count). The van der Waals surface area contributed by atoms with Crippen LogP contribution in [0.4, 0.5) is 0 Å². The molecule has 2 aromatic carbocycles. The molecule has 3 aromatic rings. The first kappa shape index (κ1) is 25.4. The number of nitriles is 1. The van der Waals surface area contributed by atoms with Crippen LogP contribution in [0.5, 0.6) is 11.5 Å². The normalized spacial score (nSPS) is 15.3. The number of nitrogens with zero attached hydrogens (tertiary/aromatic N) is 3. The summed E-state index contributed by atoms with van der Waals surface area (Å²) in [7, 11) is -3.09. The third-order valence-electron chi connectivity index (χ3n) is 6.38. The Morgan fingerprint density at radius 3 is 2.57 bits per heavy atom. The van der Waals surface area contributed by atoms with Gasteiger partial charge in [-0.15, -0.1) is 0 Å². The van der Waals surface area contributed by atoms with Gasteiger partial charge in [0.15, 0.2) is 5.75 Å². The van der Waals surface area contributed by atoms with Crippen molar-refractivity contribution in [3.63, 3.8) is 0 Å². The molecular formula is C26H30ClN3O4S. The topological polar surface area (TPSA) is 84.6 Å². The van der Waals surface area contributed by atoms with Crippen LogP contribution in [0.2, 0.25) is 5.02 Å². The molecule has 186 valence electrons. The SMILES string of the molecule is CCCOc1c(Cl)cc(-n2ccc3cc(OCCC4CCN(S(C)(=O)=O)CC4)ccc32)cc1C#N. The molecule has 0 bridgehead atoms. The van der Waals surface area contributed by atoms with E-state index in [0.29, 0.717) is 48.6 Å². The molecule has 1 fully saturated rings. The van der Waals surface area contributed by atoms with Crippen molar-refractivity contribution in [1.29, 1.82) is 5.26 Å². The van der Waals surface area contributed by atoms with Crippen molar-refractivity contribution in [1.82, 2.24) is 8.87 Å². The van der Waals surface area contributed by atoms with Crippen molar-refractivity contribution < 1.29 is 17.9 Å². The second kappa shape index (κ2) is 10.9. The van der Waals surface area contributed by atoms with Crippen LogP contribution in [0.15, 0.2) is 42.6 Å². The van der Waals surface area contributed by atoms with Gasteiger partial charge in [-0.3, -0.25) is 0 Å². The van der Waals surface area contributed by atoms with Gasteiger partial charge in [0.05, 0.1) is 35.6 Å². The second-order valence-electron chi connectivity index (χ2n) is 8.91. The van der Waals surface area contributed by atoms with E-state index in [1.165, 1.54) is 6.26 Å². The van der Waals surface area contributed by atoms with Gasteiger partial charge < -0.3 is 14.0 Å². The van der Waals surface area contributed by atoms with E-state index in [1.807, 2.05) is 48.0 Å². The van der Waals surface area contributed by atoms with E-state index in [4.69, 9.17) is 21.1 Å². The molecule has 7 nitrogen and oxygen atoms in total. The van der Waals surface area contributed by atoms with Crippen LogP contribution >= 0.6 is 11.6 Å². The zero-order valence-electron chi connectivity index (χ0n) is 20.0. The maximum atomic E-state index is 11.7. The molecule has 1 aliphatic rings. The zero-order valence-corrected chi connectivity index (χ0v) is 21.6. The molecule has 0 unspecified atom stereocenters. The maximum absolute atomic E-state index is 11.7. The summed E-state index contributed by atoms with van der Waals surface area (Å²) in [4.78, 5) is 0. The van der Waals surface area contributed by atoms with Crippen LogP contribution < -0.4 is 9.47 Å². The van der Waals surface area contributed by atoms with Gasteiger partial charge in [0.1, 0.15) is 11.8 Å². The minimum absolute atomic E-state index is 0.408. The molecule has 9 heteroatoms. The lowest BCUT2D eigenvalue weighted by Crippen LogP contribution is -2.38. The van der Waals surface area contributed by atoms with Crippen molar-refractivity contribution in [2.24, 2.45) is 5.92 Å². The third kappa shape index (κ3) is 5.92. The smallest absolute Gasteiger partial charge is 0.211 e. The Morgan fingerprint density at radius 1 is 1.11 bits per heavy atom. The van der Waals surface area contributed by atoms with Crippen LogP contribution in [-0.2, 0) is 10.0 Å². The molecule has 1 aliphatic heterocycles. The van der Waals surface area contributed by atoms with Crippen molar-refractivity contribution in [3.05, 3.63) is 53.2 Å². The molecule has 0 saturated carbocycles. The first-order chi connectivity index (χ1) is 16.8. The number of hydrogen-bond acceptors (Lipinski definition) is 5. The van der Waals surface area contributed by atoms with Crippen LogP contribution in [-0.4, -0.2) is 49.8 Å². The summed E-state index contributed by atoms with van der Waals surface area (Å²) in [6.07, 6.45) is 6.69. The van der Waals surface area contributed by atoms with Crippen LogP contribution in [0, 0.1) is 17.2 Å². The molecule has 35 heavy (non-hydrogen) atoms. The van der Waals surface area contributed by atoms with Crippen LogP contribution in [0.3, 0.4) is 0 Å². The monoisotopic (exact) mass is 515 g/mol. The van der Waals surface area contributed by atoms with Crippen molar-refractivity contribution in [2.75, 3.05) is 32.6 Å². The number of fused-ring (bicyclic) bond motifs is 1. The predicted octanol–water partition coefficient (Wildman–Crippen LogP) is 5.38. The number of ether oxygens (including phenoxy) is 2. The first-order valence-electron chi connectivity index (χ1n) is 11.9. The van der Waals surface area contributed by atoms with E-state index in [2.05, 4.69) is 6.07 Å². The summed E-state index contributed by atoms with van der Waals surface area (Å²) >= 11 is 6.45.